The molecule has 26 heavy (non-hydrogen) atoms. The number of esters is 1. The zero-order chi connectivity index (χ0) is 19.1. The Morgan fingerprint density at radius 3 is 2.54 bits per heavy atom. The van der Waals surface area contributed by atoms with E-state index in [1.54, 1.807) is 38.6 Å². The van der Waals surface area contributed by atoms with Crippen LogP contribution in [0.5, 0.6) is 11.5 Å². The van der Waals surface area contributed by atoms with Crippen molar-refractivity contribution in [2.75, 3.05) is 14.2 Å². The lowest BCUT2D eigenvalue weighted by Crippen LogP contribution is -2.35. The van der Waals surface area contributed by atoms with Crippen LogP contribution in [0.25, 0.3) is 0 Å². The first-order chi connectivity index (χ1) is 12.4. The fourth-order valence-corrected chi connectivity index (χ4v) is 2.49. The maximum Gasteiger partial charge on any atom is 0.340 e. The van der Waals surface area contributed by atoms with Gasteiger partial charge in [0.25, 0.3) is 5.91 Å². The minimum Gasteiger partial charge on any atom is -0.493 e. The van der Waals surface area contributed by atoms with E-state index in [9.17, 15) is 9.59 Å². The monoisotopic (exact) mass is 422 g/mol. The van der Waals surface area contributed by atoms with Crippen molar-refractivity contribution in [3.05, 3.63) is 52.3 Å². The lowest BCUT2D eigenvalue weighted by molar-refractivity contribution is -0.129. The first-order valence-electron chi connectivity index (χ1n) is 7.74. The summed E-state index contributed by atoms with van der Waals surface area (Å²) in [5.74, 6) is 0.150. The van der Waals surface area contributed by atoms with Crippen LogP contribution in [0.3, 0.4) is 0 Å². The van der Waals surface area contributed by atoms with Crippen LogP contribution < -0.4 is 14.8 Å². The van der Waals surface area contributed by atoms with Crippen LogP contribution in [-0.4, -0.2) is 37.2 Å². The van der Waals surface area contributed by atoms with Crippen LogP contribution in [0.1, 0.15) is 22.8 Å². The maximum absolute atomic E-state index is 12.2. The molecule has 0 bridgehead atoms. The number of methoxy groups -OCH3 is 2. The van der Waals surface area contributed by atoms with Crippen molar-refractivity contribution in [3.8, 4) is 11.5 Å². The molecule has 1 atom stereocenters. The second kappa shape index (κ2) is 9.19. The molecule has 2 aromatic rings. The van der Waals surface area contributed by atoms with Gasteiger partial charge in [0.05, 0.1) is 19.8 Å². The molecule has 0 aliphatic heterocycles. The summed E-state index contributed by atoms with van der Waals surface area (Å²) in [7, 11) is 3.09. The molecule has 0 aliphatic rings. The van der Waals surface area contributed by atoms with E-state index >= 15 is 0 Å². The first kappa shape index (κ1) is 19.7. The minimum absolute atomic E-state index is 0.263. The Hall–Kier alpha value is -2.61. The number of benzene rings is 1. The van der Waals surface area contributed by atoms with E-state index in [0.29, 0.717) is 16.0 Å². The van der Waals surface area contributed by atoms with Gasteiger partial charge in [0, 0.05) is 23.4 Å². The molecule has 0 saturated carbocycles. The summed E-state index contributed by atoms with van der Waals surface area (Å²) in [6, 6.07) is 6.90. The number of nitrogens with zero attached hydrogens (tertiary/aromatic N) is 1. The summed E-state index contributed by atoms with van der Waals surface area (Å²) in [4.78, 5) is 28.1. The Labute approximate surface area is 159 Å². The van der Waals surface area contributed by atoms with Crippen LogP contribution >= 0.6 is 15.9 Å². The molecule has 2 rings (SSSR count). The van der Waals surface area contributed by atoms with Gasteiger partial charge < -0.3 is 19.5 Å². The van der Waals surface area contributed by atoms with Gasteiger partial charge in [-0.1, -0.05) is 6.07 Å². The summed E-state index contributed by atoms with van der Waals surface area (Å²) >= 11 is 3.23. The normalized spacial score (nSPS) is 11.4. The lowest BCUT2D eigenvalue weighted by atomic mass is 10.2. The topological polar surface area (TPSA) is 86.8 Å². The number of halogens is 1. The summed E-state index contributed by atoms with van der Waals surface area (Å²) in [5.41, 5.74) is 1.09. The number of nitrogens with one attached hydrogen (secondary N) is 1. The first-order valence-corrected chi connectivity index (χ1v) is 8.54. The standard InChI is InChI=1S/C18H19BrN2O5/c1-11(26-18(23)13-7-14(19)10-20-9-13)17(22)21-8-12-4-5-15(24-2)16(6-12)25-3/h4-7,9-11H,8H2,1-3H3,(H,21,22). The number of ether oxygens (including phenoxy) is 3. The Bertz CT molecular complexity index is 797. The van der Waals surface area contributed by atoms with Crippen LogP contribution in [0.4, 0.5) is 0 Å². The van der Waals surface area contributed by atoms with Gasteiger partial charge >= 0.3 is 5.97 Å². The Morgan fingerprint density at radius 2 is 1.88 bits per heavy atom. The predicted octanol–water partition coefficient (Wildman–Crippen LogP) is 2.72. The van der Waals surface area contributed by atoms with Gasteiger partial charge in [0.1, 0.15) is 0 Å². The van der Waals surface area contributed by atoms with Crippen molar-refractivity contribution in [2.24, 2.45) is 0 Å². The number of rotatable bonds is 7. The number of hydrogen-bond acceptors (Lipinski definition) is 6. The molecule has 1 heterocycles. The van der Waals surface area contributed by atoms with Gasteiger partial charge in [-0.2, -0.15) is 0 Å². The van der Waals surface area contributed by atoms with Crippen molar-refractivity contribution in [3.63, 3.8) is 0 Å². The fraction of sp³-hybridized carbons (Fsp3) is 0.278. The third-order valence-corrected chi connectivity index (χ3v) is 3.94. The molecule has 1 N–H and O–H groups in total. The van der Waals surface area contributed by atoms with E-state index in [4.69, 9.17) is 14.2 Å². The molecule has 0 spiro atoms. The second-order valence-corrected chi connectivity index (χ2v) is 6.26. The highest BCUT2D eigenvalue weighted by Crippen LogP contribution is 2.27. The lowest BCUT2D eigenvalue weighted by Gasteiger charge is -2.14. The van der Waals surface area contributed by atoms with E-state index in [-0.39, 0.29) is 12.1 Å². The molecule has 0 aliphatic carbocycles. The largest absolute Gasteiger partial charge is 0.493 e. The minimum atomic E-state index is -0.943. The summed E-state index contributed by atoms with van der Waals surface area (Å²) in [5, 5.41) is 2.72. The molecule has 0 saturated heterocycles. The van der Waals surface area contributed by atoms with Crippen molar-refractivity contribution in [1.29, 1.82) is 0 Å². The van der Waals surface area contributed by atoms with Crippen LogP contribution in [0.2, 0.25) is 0 Å². The third-order valence-electron chi connectivity index (χ3n) is 3.51. The number of aromatic nitrogens is 1. The molecule has 1 aromatic heterocycles. The average molecular weight is 423 g/mol. The van der Waals surface area contributed by atoms with E-state index < -0.39 is 18.0 Å². The van der Waals surface area contributed by atoms with Crippen LogP contribution in [0.15, 0.2) is 41.1 Å². The number of amides is 1. The van der Waals surface area contributed by atoms with Gasteiger partial charge in [-0.25, -0.2) is 4.79 Å². The highest BCUT2D eigenvalue weighted by molar-refractivity contribution is 9.10. The molecule has 1 amide bonds. The fourth-order valence-electron chi connectivity index (χ4n) is 2.13. The Kier molecular flexibility index (Phi) is 6.97. The van der Waals surface area contributed by atoms with Crippen LogP contribution in [-0.2, 0) is 16.1 Å². The number of carbonyl (C=O) groups is 2. The highest BCUT2D eigenvalue weighted by atomic mass is 79.9. The molecular formula is C18H19BrN2O5. The van der Waals surface area contributed by atoms with Crippen molar-refractivity contribution in [2.45, 2.75) is 19.6 Å². The molecule has 0 fully saturated rings. The zero-order valence-corrected chi connectivity index (χ0v) is 16.2. The molecular weight excluding hydrogens is 404 g/mol. The third kappa shape index (κ3) is 5.19. The highest BCUT2D eigenvalue weighted by Gasteiger charge is 2.19. The Balaban J connectivity index is 1.92. The molecule has 7 nitrogen and oxygen atoms in total. The molecule has 0 radical (unpaired) electrons. The summed E-state index contributed by atoms with van der Waals surface area (Å²) in [6.07, 6.45) is 1.99. The van der Waals surface area contributed by atoms with E-state index in [1.165, 1.54) is 13.1 Å². The zero-order valence-electron chi connectivity index (χ0n) is 14.6. The molecule has 1 aromatic carbocycles. The molecule has 138 valence electrons. The molecule has 1 unspecified atom stereocenters. The maximum atomic E-state index is 12.2. The van der Waals surface area contributed by atoms with Gasteiger partial charge in [-0.05, 0) is 46.6 Å². The van der Waals surface area contributed by atoms with Crippen molar-refractivity contribution >= 4 is 27.8 Å². The number of hydrogen-bond donors (Lipinski definition) is 1. The number of pyridine rings is 1. The van der Waals surface area contributed by atoms with Gasteiger partial charge in [-0.15, -0.1) is 0 Å². The average Bonchev–Trinajstić information content (AvgIpc) is 2.65. The van der Waals surface area contributed by atoms with Gasteiger partial charge in [0.2, 0.25) is 0 Å². The van der Waals surface area contributed by atoms with E-state index in [1.807, 2.05) is 6.07 Å². The Morgan fingerprint density at radius 1 is 1.15 bits per heavy atom. The van der Waals surface area contributed by atoms with E-state index in [2.05, 4.69) is 26.2 Å². The van der Waals surface area contributed by atoms with Gasteiger partial charge in [-0.3, -0.25) is 9.78 Å². The summed E-state index contributed by atoms with van der Waals surface area (Å²) < 4.78 is 16.2. The predicted molar refractivity (Wildman–Crippen MR) is 98.2 cm³/mol. The van der Waals surface area contributed by atoms with Crippen molar-refractivity contribution < 1.29 is 23.8 Å². The van der Waals surface area contributed by atoms with Crippen LogP contribution in [0, 0.1) is 0 Å². The molecule has 8 heteroatoms. The quantitative estimate of drug-likeness (QED) is 0.690. The number of carbonyl (C=O) groups excluding carboxylic acids is 2. The van der Waals surface area contributed by atoms with Crippen molar-refractivity contribution in [1.82, 2.24) is 10.3 Å². The van der Waals surface area contributed by atoms with Gasteiger partial charge in [0.15, 0.2) is 17.6 Å². The second-order valence-electron chi connectivity index (χ2n) is 5.35. The smallest absolute Gasteiger partial charge is 0.340 e. The SMILES string of the molecule is COc1ccc(CNC(=O)C(C)OC(=O)c2cncc(Br)c2)cc1OC. The van der Waals surface area contributed by atoms with E-state index in [0.717, 1.165) is 5.56 Å². The summed E-state index contributed by atoms with van der Waals surface area (Å²) in [6.45, 7) is 1.77.